The molecule has 0 rings (SSSR count). The van der Waals surface area contributed by atoms with Crippen molar-refractivity contribution in [2.75, 3.05) is 6.73 Å². The van der Waals surface area contributed by atoms with E-state index < -0.39 is 12.0 Å². The van der Waals surface area contributed by atoms with Crippen molar-refractivity contribution in [1.29, 1.82) is 0 Å². The molecule has 0 saturated heterocycles. The van der Waals surface area contributed by atoms with Crippen LogP contribution in [0.5, 0.6) is 0 Å². The number of nitrogens with zero attached hydrogens (tertiary/aromatic N) is 1. The van der Waals surface area contributed by atoms with Gasteiger partial charge in [-0.3, -0.25) is 9.10 Å². The van der Waals surface area contributed by atoms with Gasteiger partial charge in [0.15, 0.2) is 0 Å². The van der Waals surface area contributed by atoms with Gasteiger partial charge in [-0.1, -0.05) is 25.4 Å². The third-order valence-corrected chi connectivity index (χ3v) is 1.06. The molecule has 0 aromatic carbocycles. The Balaban J connectivity index is 3.34. The Hall–Kier alpha value is 0.130. The van der Waals surface area contributed by atoms with Gasteiger partial charge >= 0.3 is 0 Å². The van der Waals surface area contributed by atoms with E-state index in [1.807, 2.05) is 0 Å². The van der Waals surface area contributed by atoms with Crippen molar-refractivity contribution in [1.82, 2.24) is 4.31 Å². The van der Waals surface area contributed by atoms with Gasteiger partial charge in [-0.15, -0.1) is 0 Å². The summed E-state index contributed by atoms with van der Waals surface area (Å²) >= 11 is 6.81. The van der Waals surface area contributed by atoms with E-state index in [0.717, 1.165) is 4.31 Å². The highest BCUT2D eigenvalue weighted by Gasteiger charge is 1.97. The Kier molecular flexibility index (Phi) is 3.23. The van der Waals surface area contributed by atoms with Gasteiger partial charge in [0.2, 0.25) is 0 Å². The average Bonchev–Trinajstić information content (AvgIpc) is 1.65. The minimum absolute atomic E-state index is 0.411. The predicted molar refractivity (Wildman–Crippen MR) is 32.3 cm³/mol. The zero-order valence-corrected chi connectivity index (χ0v) is 5.19. The Labute approximate surface area is 52.3 Å². The molecule has 0 aliphatic heterocycles. The van der Waals surface area contributed by atoms with Gasteiger partial charge in [0.1, 0.15) is 6.73 Å². The topological polar surface area (TPSA) is 40.5 Å². The van der Waals surface area contributed by atoms with E-state index in [4.69, 9.17) is 5.11 Å². The van der Waals surface area contributed by atoms with E-state index in [1.165, 1.54) is 0 Å². The Bertz CT molecular complexity index is 76.1. The van der Waals surface area contributed by atoms with Crippen molar-refractivity contribution >= 4 is 30.7 Å². The molecule has 5 heteroatoms. The van der Waals surface area contributed by atoms with Crippen molar-refractivity contribution in [2.45, 2.75) is 0 Å². The first kappa shape index (κ1) is 7.13. The molecule has 0 aromatic heterocycles. The summed E-state index contributed by atoms with van der Waals surface area (Å²) in [5.41, 5.74) is 0. The number of aliphatic hydroxyl groups excluding tert-OH is 1. The maximum atomic E-state index is 9.93. The van der Waals surface area contributed by atoms with E-state index in [0.29, 0.717) is 0 Å². The van der Waals surface area contributed by atoms with E-state index in [1.54, 1.807) is 0 Å². The fourth-order valence-electron chi connectivity index (χ4n) is 0.0605. The largest absolute Gasteiger partial charge is 0.375 e. The van der Waals surface area contributed by atoms with Crippen molar-refractivity contribution in [3.05, 3.63) is 0 Å². The molecule has 1 N–H and O–H groups in total. The minimum Gasteiger partial charge on any atom is -0.375 e. The normalized spacial score (nSPS) is 8.43. The average molecular weight is 139 g/mol. The quantitative estimate of drug-likeness (QED) is 0.357. The van der Waals surface area contributed by atoms with Crippen LogP contribution in [0.25, 0.3) is 0 Å². The SMILES string of the molecule is O=C(S)N(S)CO. The lowest BCUT2D eigenvalue weighted by Crippen LogP contribution is -2.15. The van der Waals surface area contributed by atoms with Gasteiger partial charge in [-0.25, -0.2) is 0 Å². The highest BCUT2D eigenvalue weighted by atomic mass is 32.1. The van der Waals surface area contributed by atoms with Crippen LogP contribution < -0.4 is 0 Å². The second-order valence-corrected chi connectivity index (χ2v) is 1.69. The van der Waals surface area contributed by atoms with Crippen LogP contribution in [0.1, 0.15) is 0 Å². The second-order valence-electron chi connectivity index (χ2n) is 0.824. The smallest absolute Gasteiger partial charge is 0.290 e. The molecular formula is C2H5NO2S2. The van der Waals surface area contributed by atoms with Crippen LogP contribution in [0.3, 0.4) is 0 Å². The predicted octanol–water partition coefficient (Wildman–Crippen LogP) is 0.133. The molecule has 1 amide bonds. The molecule has 0 atom stereocenters. The van der Waals surface area contributed by atoms with Crippen molar-refractivity contribution < 1.29 is 9.90 Å². The summed E-state index contributed by atoms with van der Waals surface area (Å²) in [6.07, 6.45) is 0. The number of carbonyl (C=O) groups is 1. The molecule has 0 aliphatic rings. The van der Waals surface area contributed by atoms with Gasteiger partial charge in [-0.05, 0) is 0 Å². The molecule has 0 radical (unpaired) electrons. The van der Waals surface area contributed by atoms with Crippen LogP contribution >= 0.6 is 25.4 Å². The first-order valence-electron chi connectivity index (χ1n) is 1.48. The molecule has 0 fully saturated rings. The lowest BCUT2D eigenvalue weighted by atomic mass is 11.1. The van der Waals surface area contributed by atoms with E-state index in [-0.39, 0.29) is 0 Å². The number of amides is 1. The summed E-state index contributed by atoms with van der Waals surface area (Å²) in [4.78, 5) is 9.93. The zero-order valence-electron chi connectivity index (χ0n) is 3.40. The molecule has 0 unspecified atom stereocenters. The van der Waals surface area contributed by atoms with Crippen LogP contribution in [0.15, 0.2) is 0 Å². The van der Waals surface area contributed by atoms with Gasteiger partial charge in [0, 0.05) is 0 Å². The summed E-state index contributed by atoms with van der Waals surface area (Å²) < 4.78 is 0.767. The Morgan fingerprint density at radius 2 is 2.29 bits per heavy atom. The third-order valence-electron chi connectivity index (χ3n) is 0.355. The van der Waals surface area contributed by atoms with Crippen LogP contribution in [-0.2, 0) is 0 Å². The molecule has 3 nitrogen and oxygen atoms in total. The van der Waals surface area contributed by atoms with Crippen molar-refractivity contribution in [3.8, 4) is 0 Å². The maximum Gasteiger partial charge on any atom is 0.290 e. The van der Waals surface area contributed by atoms with Gasteiger partial charge in [-0.2, -0.15) is 0 Å². The molecule has 0 heterocycles. The lowest BCUT2D eigenvalue weighted by molar-refractivity contribution is 0.196. The number of hydrogen-bond donors (Lipinski definition) is 3. The summed E-state index contributed by atoms with van der Waals surface area (Å²) in [6, 6.07) is 0. The van der Waals surface area contributed by atoms with Crippen LogP contribution in [0.4, 0.5) is 4.79 Å². The van der Waals surface area contributed by atoms with E-state index in [2.05, 4.69) is 25.4 Å². The van der Waals surface area contributed by atoms with E-state index >= 15 is 0 Å². The number of rotatable bonds is 1. The molecule has 0 saturated carbocycles. The molecule has 0 aromatic rings. The van der Waals surface area contributed by atoms with Crippen LogP contribution in [-0.4, -0.2) is 21.4 Å². The maximum absolute atomic E-state index is 9.93. The fourth-order valence-corrected chi connectivity index (χ4v) is 0.124. The number of carbonyl (C=O) groups excluding carboxylic acids is 1. The first-order valence-corrected chi connectivity index (χ1v) is 2.33. The number of aliphatic hydroxyl groups is 1. The van der Waals surface area contributed by atoms with Gasteiger partial charge in [0.25, 0.3) is 5.24 Å². The number of thiol groups is 2. The monoisotopic (exact) mass is 139 g/mol. The molecule has 42 valence electrons. The molecule has 7 heavy (non-hydrogen) atoms. The summed E-state index contributed by atoms with van der Waals surface area (Å²) in [6.45, 7) is -0.411. The highest BCUT2D eigenvalue weighted by Crippen LogP contribution is 1.95. The summed E-state index contributed by atoms with van der Waals surface area (Å²) in [5, 5.41) is 7.52. The standard InChI is InChI=1S/C2H5NO2S2/c4-1-3(7)2(5)6/h4,7H,1H2,(H,5,6). The Morgan fingerprint density at radius 1 is 1.86 bits per heavy atom. The Morgan fingerprint density at radius 3 is 2.29 bits per heavy atom. The van der Waals surface area contributed by atoms with E-state index in [9.17, 15) is 4.79 Å². The fraction of sp³-hybridized carbons (Fsp3) is 0.500. The lowest BCUT2D eigenvalue weighted by Gasteiger charge is -2.04. The van der Waals surface area contributed by atoms with Crippen molar-refractivity contribution in [2.24, 2.45) is 0 Å². The minimum atomic E-state index is -0.564. The first-order chi connectivity index (χ1) is 3.18. The third kappa shape index (κ3) is 2.78. The van der Waals surface area contributed by atoms with Gasteiger partial charge < -0.3 is 5.11 Å². The summed E-state index contributed by atoms with van der Waals surface area (Å²) in [7, 11) is 0. The summed E-state index contributed by atoms with van der Waals surface area (Å²) in [5.74, 6) is 0. The van der Waals surface area contributed by atoms with Gasteiger partial charge in [0.05, 0.1) is 0 Å². The molecule has 0 bridgehead atoms. The molecule has 0 spiro atoms. The molecule has 0 aliphatic carbocycles. The van der Waals surface area contributed by atoms with Crippen LogP contribution in [0, 0.1) is 0 Å². The highest BCUT2D eigenvalue weighted by molar-refractivity contribution is 7.98. The second kappa shape index (κ2) is 3.17. The zero-order chi connectivity index (χ0) is 5.86. The number of hydrogen-bond acceptors (Lipinski definition) is 3. The van der Waals surface area contributed by atoms with Crippen molar-refractivity contribution in [3.63, 3.8) is 0 Å². The van der Waals surface area contributed by atoms with Crippen LogP contribution in [0.2, 0.25) is 0 Å². The molecular weight excluding hydrogens is 134 g/mol.